The second kappa shape index (κ2) is 5.77. The normalized spacial score (nSPS) is 29.4. The molecule has 2 fully saturated rings. The number of benzene rings is 1. The van der Waals surface area contributed by atoms with Crippen molar-refractivity contribution in [3.63, 3.8) is 0 Å². The van der Waals surface area contributed by atoms with Crippen molar-refractivity contribution in [2.45, 2.75) is 44.4 Å². The molecule has 0 aliphatic heterocycles. The van der Waals surface area contributed by atoms with Gasteiger partial charge >= 0.3 is 0 Å². The van der Waals surface area contributed by atoms with Crippen molar-refractivity contribution in [1.82, 2.24) is 0 Å². The Morgan fingerprint density at radius 3 is 2.80 bits per heavy atom. The first kappa shape index (κ1) is 13.9. The van der Waals surface area contributed by atoms with E-state index in [9.17, 15) is 4.79 Å². The first-order valence-corrected chi connectivity index (χ1v) is 8.10. The lowest BCUT2D eigenvalue weighted by Crippen LogP contribution is -2.20. The number of anilines is 1. The average molecular weight is 292 g/mol. The zero-order valence-electron chi connectivity index (χ0n) is 11.9. The summed E-state index contributed by atoms with van der Waals surface area (Å²) in [7, 11) is 0. The van der Waals surface area contributed by atoms with Gasteiger partial charge in [0.1, 0.15) is 0 Å². The molecule has 1 aromatic carbocycles. The predicted molar refractivity (Wildman–Crippen MR) is 82.9 cm³/mol. The van der Waals surface area contributed by atoms with Crippen LogP contribution in [0.25, 0.3) is 0 Å². The first-order chi connectivity index (χ1) is 9.63. The molecule has 2 nitrogen and oxygen atoms in total. The number of alkyl halides is 1. The Morgan fingerprint density at radius 2 is 2.15 bits per heavy atom. The number of nitrogens with one attached hydrogen (secondary N) is 1. The van der Waals surface area contributed by atoms with E-state index in [0.29, 0.717) is 12.3 Å². The molecule has 2 bridgehead atoms. The lowest BCUT2D eigenvalue weighted by atomic mass is 9.86. The van der Waals surface area contributed by atoms with Crippen molar-refractivity contribution in [3.8, 4) is 0 Å². The van der Waals surface area contributed by atoms with Crippen LogP contribution in [0.1, 0.15) is 50.0 Å². The van der Waals surface area contributed by atoms with E-state index in [0.717, 1.165) is 23.1 Å². The number of hydrogen-bond donors (Lipinski definition) is 1. The molecule has 2 saturated carbocycles. The Kier molecular flexibility index (Phi) is 4.02. The molecule has 3 heteroatoms. The molecule has 20 heavy (non-hydrogen) atoms. The molecule has 1 amide bonds. The van der Waals surface area contributed by atoms with E-state index >= 15 is 0 Å². The lowest BCUT2D eigenvalue weighted by molar-refractivity contribution is -0.117. The van der Waals surface area contributed by atoms with Gasteiger partial charge in [-0.2, -0.15) is 0 Å². The fourth-order valence-electron chi connectivity index (χ4n) is 4.02. The molecule has 2 aliphatic carbocycles. The predicted octanol–water partition coefficient (Wildman–Crippen LogP) is 4.75. The van der Waals surface area contributed by atoms with Gasteiger partial charge in [-0.05, 0) is 55.6 Å². The molecule has 0 spiro atoms. The van der Waals surface area contributed by atoms with Crippen LogP contribution in [0.2, 0.25) is 0 Å². The first-order valence-electron chi connectivity index (χ1n) is 7.66. The number of rotatable bonds is 4. The number of hydrogen-bond acceptors (Lipinski definition) is 1. The topological polar surface area (TPSA) is 29.1 Å². The molecule has 0 heterocycles. The minimum atomic E-state index is -0.0889. The summed E-state index contributed by atoms with van der Waals surface area (Å²) in [6.07, 6.45) is 6.00. The van der Waals surface area contributed by atoms with Gasteiger partial charge in [-0.1, -0.05) is 24.6 Å². The quantitative estimate of drug-likeness (QED) is 0.797. The van der Waals surface area contributed by atoms with Crippen LogP contribution in [0.4, 0.5) is 5.69 Å². The molecular formula is C17H22ClNO. The zero-order chi connectivity index (χ0) is 14.1. The standard InChI is InChI=1S/C17H22ClNO/c1-11(18)15-4-2-3-5-16(15)19-17(20)10-14-9-12-6-7-13(14)8-12/h2-5,11-14H,6-10H2,1H3,(H,19,20). The van der Waals surface area contributed by atoms with Gasteiger partial charge in [-0.25, -0.2) is 0 Å². The Bertz CT molecular complexity index is 500. The molecule has 1 aromatic rings. The smallest absolute Gasteiger partial charge is 0.224 e. The molecule has 3 rings (SSSR count). The second-order valence-electron chi connectivity index (χ2n) is 6.39. The SMILES string of the molecule is CC(Cl)c1ccccc1NC(=O)CC1CC2CCC1C2. The highest BCUT2D eigenvalue weighted by Crippen LogP contribution is 2.49. The van der Waals surface area contributed by atoms with Crippen LogP contribution < -0.4 is 5.32 Å². The Balaban J connectivity index is 1.62. The van der Waals surface area contributed by atoms with Gasteiger partial charge in [0.2, 0.25) is 5.91 Å². The van der Waals surface area contributed by atoms with Gasteiger partial charge in [0.25, 0.3) is 0 Å². The van der Waals surface area contributed by atoms with Crippen molar-refractivity contribution < 1.29 is 4.79 Å². The van der Waals surface area contributed by atoms with Crippen molar-refractivity contribution in [2.75, 3.05) is 5.32 Å². The van der Waals surface area contributed by atoms with Crippen molar-refractivity contribution in [3.05, 3.63) is 29.8 Å². The summed E-state index contributed by atoms with van der Waals surface area (Å²) in [5.41, 5.74) is 1.86. The number of carbonyl (C=O) groups is 1. The summed E-state index contributed by atoms with van der Waals surface area (Å²) in [5, 5.41) is 2.97. The minimum absolute atomic E-state index is 0.0889. The zero-order valence-corrected chi connectivity index (χ0v) is 12.7. The number of para-hydroxylation sites is 1. The summed E-state index contributed by atoms with van der Waals surface area (Å²) in [6, 6.07) is 7.81. The molecule has 108 valence electrons. The second-order valence-corrected chi connectivity index (χ2v) is 7.05. The molecule has 1 N–H and O–H groups in total. The summed E-state index contributed by atoms with van der Waals surface area (Å²) >= 11 is 6.16. The van der Waals surface area contributed by atoms with Crippen LogP contribution in [-0.4, -0.2) is 5.91 Å². The van der Waals surface area contributed by atoms with E-state index in [1.165, 1.54) is 25.7 Å². The molecule has 0 saturated heterocycles. The van der Waals surface area contributed by atoms with Crippen molar-refractivity contribution in [2.24, 2.45) is 17.8 Å². The van der Waals surface area contributed by atoms with Crippen LogP contribution in [0.3, 0.4) is 0 Å². The van der Waals surface area contributed by atoms with Gasteiger partial charge in [0, 0.05) is 12.1 Å². The maximum absolute atomic E-state index is 12.3. The van der Waals surface area contributed by atoms with Gasteiger partial charge < -0.3 is 5.32 Å². The lowest BCUT2D eigenvalue weighted by Gasteiger charge is -2.21. The number of carbonyl (C=O) groups excluding carboxylic acids is 1. The van der Waals surface area contributed by atoms with Gasteiger partial charge in [-0.15, -0.1) is 11.6 Å². The fourth-order valence-corrected chi connectivity index (χ4v) is 4.21. The average Bonchev–Trinajstić information content (AvgIpc) is 3.01. The van der Waals surface area contributed by atoms with Crippen LogP contribution >= 0.6 is 11.6 Å². The summed E-state index contributed by atoms with van der Waals surface area (Å²) in [5.74, 6) is 2.45. The van der Waals surface area contributed by atoms with Crippen LogP contribution in [0.15, 0.2) is 24.3 Å². The molecular weight excluding hydrogens is 270 g/mol. The molecule has 0 aromatic heterocycles. The van der Waals surface area contributed by atoms with Gasteiger partial charge in [0.15, 0.2) is 0 Å². The minimum Gasteiger partial charge on any atom is -0.326 e. The van der Waals surface area contributed by atoms with Crippen molar-refractivity contribution in [1.29, 1.82) is 0 Å². The van der Waals surface area contributed by atoms with E-state index in [-0.39, 0.29) is 11.3 Å². The van der Waals surface area contributed by atoms with E-state index < -0.39 is 0 Å². The molecule has 0 radical (unpaired) electrons. The highest BCUT2D eigenvalue weighted by atomic mass is 35.5. The number of fused-ring (bicyclic) bond motifs is 2. The number of halogens is 1. The van der Waals surface area contributed by atoms with Crippen LogP contribution in [-0.2, 0) is 4.79 Å². The van der Waals surface area contributed by atoms with E-state index in [4.69, 9.17) is 11.6 Å². The Morgan fingerprint density at radius 1 is 1.35 bits per heavy atom. The summed E-state index contributed by atoms with van der Waals surface area (Å²) < 4.78 is 0. The van der Waals surface area contributed by atoms with Crippen LogP contribution in [0.5, 0.6) is 0 Å². The maximum Gasteiger partial charge on any atom is 0.224 e. The third kappa shape index (κ3) is 2.85. The summed E-state index contributed by atoms with van der Waals surface area (Å²) in [4.78, 5) is 12.3. The third-order valence-corrected chi connectivity index (χ3v) is 5.23. The van der Waals surface area contributed by atoms with Gasteiger partial charge in [-0.3, -0.25) is 4.79 Å². The van der Waals surface area contributed by atoms with Crippen molar-refractivity contribution >= 4 is 23.2 Å². The maximum atomic E-state index is 12.3. The molecule has 4 atom stereocenters. The monoisotopic (exact) mass is 291 g/mol. The van der Waals surface area contributed by atoms with Crippen LogP contribution in [0, 0.1) is 17.8 Å². The highest BCUT2D eigenvalue weighted by molar-refractivity contribution is 6.21. The Labute approximate surface area is 125 Å². The summed E-state index contributed by atoms with van der Waals surface area (Å²) in [6.45, 7) is 1.93. The van der Waals surface area contributed by atoms with E-state index in [2.05, 4.69) is 5.32 Å². The Hall–Kier alpha value is -1.02. The van der Waals surface area contributed by atoms with E-state index in [1.807, 2.05) is 31.2 Å². The largest absolute Gasteiger partial charge is 0.326 e. The highest BCUT2D eigenvalue weighted by Gasteiger charge is 2.40. The molecule has 2 aliphatic rings. The van der Waals surface area contributed by atoms with E-state index in [1.54, 1.807) is 0 Å². The van der Waals surface area contributed by atoms with Gasteiger partial charge in [0.05, 0.1) is 5.38 Å². The third-order valence-electron chi connectivity index (χ3n) is 5.00. The number of amides is 1. The fraction of sp³-hybridized carbons (Fsp3) is 0.588. The molecule has 4 unspecified atom stereocenters.